The Hall–Kier alpha value is -3.13. The molecule has 1 aromatic heterocycles. The van der Waals surface area contributed by atoms with Crippen LogP contribution in [-0.4, -0.2) is 44.5 Å². The smallest absolute Gasteiger partial charge is 0.344 e. The Morgan fingerprint density at radius 3 is 2.60 bits per heavy atom. The van der Waals surface area contributed by atoms with Crippen LogP contribution in [0.2, 0.25) is 0 Å². The van der Waals surface area contributed by atoms with Gasteiger partial charge in [0, 0.05) is 18.3 Å². The molecule has 7 nitrogen and oxygen atoms in total. The summed E-state index contributed by atoms with van der Waals surface area (Å²) in [4.78, 5) is 36.5. The Morgan fingerprint density at radius 1 is 1.10 bits per heavy atom. The van der Waals surface area contributed by atoms with E-state index < -0.39 is 5.97 Å². The SMILES string of the molecule is C/C=C/c1ccc(OCC(=O)OCC(=O)c2ccc(CCNC(C)=O)s2)c(OC)c1. The number of Topliss-reactive ketones (excluding diaryl/α,β-unsaturated/α-hetero) is 1. The minimum absolute atomic E-state index is 0.0941. The molecule has 0 radical (unpaired) electrons. The summed E-state index contributed by atoms with van der Waals surface area (Å²) >= 11 is 1.32. The van der Waals surface area contributed by atoms with E-state index in [4.69, 9.17) is 14.2 Å². The van der Waals surface area contributed by atoms with Crippen molar-refractivity contribution in [3.8, 4) is 11.5 Å². The minimum Gasteiger partial charge on any atom is -0.493 e. The highest BCUT2D eigenvalue weighted by Crippen LogP contribution is 2.28. The van der Waals surface area contributed by atoms with Crippen LogP contribution in [-0.2, 0) is 20.7 Å². The predicted octanol–water partition coefficient (Wildman–Crippen LogP) is 3.27. The summed E-state index contributed by atoms with van der Waals surface area (Å²) in [5.41, 5.74) is 0.947. The number of thiophene rings is 1. The van der Waals surface area contributed by atoms with Gasteiger partial charge in [0.25, 0.3) is 0 Å². The van der Waals surface area contributed by atoms with E-state index in [1.807, 2.05) is 31.2 Å². The van der Waals surface area contributed by atoms with Crippen LogP contribution >= 0.6 is 11.3 Å². The van der Waals surface area contributed by atoms with Gasteiger partial charge in [-0.3, -0.25) is 9.59 Å². The molecule has 2 aromatic rings. The van der Waals surface area contributed by atoms with E-state index in [0.29, 0.717) is 29.3 Å². The van der Waals surface area contributed by atoms with E-state index in [9.17, 15) is 14.4 Å². The van der Waals surface area contributed by atoms with Crippen molar-refractivity contribution in [2.45, 2.75) is 20.3 Å². The van der Waals surface area contributed by atoms with E-state index in [1.165, 1.54) is 25.4 Å². The second kappa shape index (κ2) is 11.8. The molecule has 0 aliphatic heterocycles. The summed E-state index contributed by atoms with van der Waals surface area (Å²) in [7, 11) is 1.52. The lowest BCUT2D eigenvalue weighted by molar-refractivity contribution is -0.144. The highest BCUT2D eigenvalue weighted by Gasteiger charge is 2.14. The van der Waals surface area contributed by atoms with Gasteiger partial charge in [-0.1, -0.05) is 18.2 Å². The zero-order valence-corrected chi connectivity index (χ0v) is 18.0. The summed E-state index contributed by atoms with van der Waals surface area (Å²) in [6, 6.07) is 8.87. The van der Waals surface area contributed by atoms with Crippen LogP contribution in [0.4, 0.5) is 0 Å². The van der Waals surface area contributed by atoms with Gasteiger partial charge >= 0.3 is 5.97 Å². The van der Waals surface area contributed by atoms with Crippen LogP contribution < -0.4 is 14.8 Å². The third-order valence-electron chi connectivity index (χ3n) is 3.94. The normalized spacial score (nSPS) is 10.6. The fourth-order valence-corrected chi connectivity index (χ4v) is 3.45. The zero-order valence-electron chi connectivity index (χ0n) is 17.2. The van der Waals surface area contributed by atoms with E-state index >= 15 is 0 Å². The lowest BCUT2D eigenvalue weighted by Crippen LogP contribution is -2.22. The van der Waals surface area contributed by atoms with Gasteiger partial charge < -0.3 is 19.5 Å². The number of allylic oxidation sites excluding steroid dienone is 1. The van der Waals surface area contributed by atoms with Crippen molar-refractivity contribution in [2.75, 3.05) is 26.9 Å². The number of esters is 1. The van der Waals surface area contributed by atoms with Gasteiger partial charge in [-0.2, -0.15) is 0 Å². The highest BCUT2D eigenvalue weighted by molar-refractivity contribution is 7.14. The molecule has 0 saturated carbocycles. The predicted molar refractivity (Wildman–Crippen MR) is 115 cm³/mol. The molecule has 0 atom stereocenters. The van der Waals surface area contributed by atoms with Gasteiger partial charge in [-0.25, -0.2) is 4.79 Å². The Labute approximate surface area is 179 Å². The molecule has 0 aliphatic carbocycles. The summed E-state index contributed by atoms with van der Waals surface area (Å²) in [6.07, 6.45) is 4.46. The third kappa shape index (κ3) is 7.36. The fraction of sp³-hybridized carbons (Fsp3) is 0.318. The second-order valence-corrected chi connectivity index (χ2v) is 7.45. The lowest BCUT2D eigenvalue weighted by Gasteiger charge is -2.11. The Morgan fingerprint density at radius 2 is 1.90 bits per heavy atom. The van der Waals surface area contributed by atoms with E-state index in [0.717, 1.165) is 10.4 Å². The van der Waals surface area contributed by atoms with Crippen LogP contribution in [0.25, 0.3) is 6.08 Å². The molecule has 0 saturated heterocycles. The average Bonchev–Trinajstić information content (AvgIpc) is 3.19. The van der Waals surface area contributed by atoms with Crippen molar-refractivity contribution in [1.29, 1.82) is 0 Å². The van der Waals surface area contributed by atoms with Crippen molar-refractivity contribution in [3.05, 3.63) is 51.7 Å². The number of carbonyl (C=O) groups is 3. The molecule has 2 rings (SSSR count). The number of ether oxygens (including phenoxy) is 3. The lowest BCUT2D eigenvalue weighted by atomic mass is 10.2. The zero-order chi connectivity index (χ0) is 21.9. The van der Waals surface area contributed by atoms with Crippen molar-refractivity contribution in [3.63, 3.8) is 0 Å². The Bertz CT molecular complexity index is 918. The number of ketones is 1. The average molecular weight is 432 g/mol. The van der Waals surface area contributed by atoms with Crippen molar-refractivity contribution in [2.24, 2.45) is 0 Å². The van der Waals surface area contributed by atoms with Crippen LogP contribution in [0.5, 0.6) is 11.5 Å². The van der Waals surface area contributed by atoms with Crippen molar-refractivity contribution in [1.82, 2.24) is 5.32 Å². The fourth-order valence-electron chi connectivity index (χ4n) is 2.52. The molecule has 30 heavy (non-hydrogen) atoms. The maximum absolute atomic E-state index is 12.2. The quantitative estimate of drug-likeness (QED) is 0.434. The number of carbonyl (C=O) groups excluding carboxylic acids is 3. The summed E-state index contributed by atoms with van der Waals surface area (Å²) < 4.78 is 15.8. The number of benzene rings is 1. The molecule has 1 heterocycles. The number of hydrogen-bond acceptors (Lipinski definition) is 7. The highest BCUT2D eigenvalue weighted by atomic mass is 32.1. The summed E-state index contributed by atoms with van der Waals surface area (Å²) in [5, 5.41) is 2.70. The summed E-state index contributed by atoms with van der Waals surface area (Å²) in [5.74, 6) is -0.114. The molecule has 0 aliphatic rings. The van der Waals surface area contributed by atoms with Gasteiger partial charge in [0.15, 0.2) is 24.7 Å². The van der Waals surface area contributed by atoms with E-state index in [2.05, 4.69) is 5.32 Å². The van der Waals surface area contributed by atoms with Crippen LogP contribution in [0.1, 0.15) is 34.0 Å². The molecule has 160 valence electrons. The Kier molecular flexibility index (Phi) is 9.08. The number of methoxy groups -OCH3 is 1. The Balaban J connectivity index is 1.80. The van der Waals surface area contributed by atoms with Gasteiger partial charge in [-0.15, -0.1) is 11.3 Å². The molecule has 0 spiro atoms. The number of hydrogen-bond donors (Lipinski definition) is 1. The number of amides is 1. The molecular weight excluding hydrogens is 406 g/mol. The molecule has 1 aromatic carbocycles. The van der Waals surface area contributed by atoms with Crippen LogP contribution in [0.15, 0.2) is 36.4 Å². The largest absolute Gasteiger partial charge is 0.493 e. The van der Waals surface area contributed by atoms with Gasteiger partial charge in [-0.05, 0) is 43.2 Å². The monoisotopic (exact) mass is 431 g/mol. The number of nitrogens with one attached hydrogen (secondary N) is 1. The van der Waals surface area contributed by atoms with Gasteiger partial charge in [0.2, 0.25) is 11.7 Å². The first kappa shape index (κ1) is 23.2. The molecule has 1 N–H and O–H groups in total. The van der Waals surface area contributed by atoms with Crippen LogP contribution in [0.3, 0.4) is 0 Å². The molecule has 8 heteroatoms. The molecule has 0 fully saturated rings. The minimum atomic E-state index is -0.648. The van der Waals surface area contributed by atoms with E-state index in [1.54, 1.807) is 18.2 Å². The topological polar surface area (TPSA) is 90.9 Å². The van der Waals surface area contributed by atoms with Gasteiger partial charge in [0.05, 0.1) is 12.0 Å². The third-order valence-corrected chi connectivity index (χ3v) is 5.12. The number of rotatable bonds is 11. The molecule has 0 unspecified atom stereocenters. The maximum Gasteiger partial charge on any atom is 0.344 e. The second-order valence-electron chi connectivity index (χ2n) is 6.28. The van der Waals surface area contributed by atoms with Crippen LogP contribution in [0, 0.1) is 0 Å². The first-order valence-corrected chi connectivity index (χ1v) is 10.2. The molecule has 1 amide bonds. The first-order valence-electron chi connectivity index (χ1n) is 9.38. The van der Waals surface area contributed by atoms with E-state index in [-0.39, 0.29) is 24.9 Å². The standard InChI is InChI=1S/C22H25NO6S/c1-4-5-16-6-8-19(20(12-16)27-3)28-14-22(26)29-13-18(25)21-9-7-17(30-21)10-11-23-15(2)24/h4-9,12H,10-11,13-14H2,1-3H3,(H,23,24)/b5-4+. The summed E-state index contributed by atoms with van der Waals surface area (Å²) in [6.45, 7) is 3.19. The first-order chi connectivity index (χ1) is 14.4. The van der Waals surface area contributed by atoms with Crippen molar-refractivity contribution >= 4 is 35.1 Å². The molecular formula is C22H25NO6S. The van der Waals surface area contributed by atoms with Gasteiger partial charge in [0.1, 0.15) is 0 Å². The maximum atomic E-state index is 12.2. The molecule has 0 bridgehead atoms. The van der Waals surface area contributed by atoms with Crippen molar-refractivity contribution < 1.29 is 28.6 Å².